The number of hydrogen-bond donors (Lipinski definition) is 1. The van der Waals surface area contributed by atoms with Crippen molar-refractivity contribution in [2.75, 3.05) is 11.1 Å². The Morgan fingerprint density at radius 1 is 1.39 bits per heavy atom. The zero-order valence-electron chi connectivity index (χ0n) is 19.1. The average Bonchev–Trinajstić information content (AvgIpc) is 3.36. The first-order valence-electron chi connectivity index (χ1n) is 11.1. The molecule has 33 heavy (non-hydrogen) atoms. The normalized spacial score (nSPS) is 15.0. The number of nitriles is 1. The topological polar surface area (TPSA) is 92.8 Å². The first kappa shape index (κ1) is 23.3. The maximum atomic E-state index is 12.7. The minimum atomic E-state index is -0.147. The van der Waals surface area contributed by atoms with Gasteiger partial charge in [-0.3, -0.25) is 4.79 Å². The summed E-state index contributed by atoms with van der Waals surface area (Å²) in [5.41, 5.74) is 2.81. The molecule has 1 unspecified atom stereocenters. The zero-order valence-corrected chi connectivity index (χ0v) is 20.7. The Kier molecular flexibility index (Phi) is 7.36. The Bertz CT molecular complexity index is 1190. The summed E-state index contributed by atoms with van der Waals surface area (Å²) in [6.07, 6.45) is 2.98. The molecule has 0 radical (unpaired) electrons. The number of amides is 1. The van der Waals surface area contributed by atoms with E-state index >= 15 is 0 Å². The van der Waals surface area contributed by atoms with Crippen LogP contribution in [0.4, 0.5) is 5.00 Å². The lowest BCUT2D eigenvalue weighted by molar-refractivity contribution is -0.113. The summed E-state index contributed by atoms with van der Waals surface area (Å²) in [5, 5.41) is 22.5. The van der Waals surface area contributed by atoms with E-state index < -0.39 is 0 Å². The molecule has 0 fully saturated rings. The summed E-state index contributed by atoms with van der Waals surface area (Å²) in [5.74, 6) is 2.20. The monoisotopic (exact) mass is 481 g/mol. The molecule has 0 aliphatic heterocycles. The number of rotatable bonds is 8. The molecule has 0 saturated carbocycles. The smallest absolute Gasteiger partial charge is 0.235 e. The number of carbonyl (C=O) groups is 1. The third-order valence-corrected chi connectivity index (χ3v) is 7.91. The SMILES string of the molecule is CCn1c(COc2ccccc2C)nnc1SCC(=O)Nc1sc2c(c1C#N)CCC(C)C2. The maximum absolute atomic E-state index is 12.7. The van der Waals surface area contributed by atoms with Crippen molar-refractivity contribution in [1.29, 1.82) is 5.26 Å². The Hall–Kier alpha value is -2.83. The number of aryl methyl sites for hydroxylation is 1. The molecule has 1 aromatic carbocycles. The summed E-state index contributed by atoms with van der Waals surface area (Å²) in [7, 11) is 0. The van der Waals surface area contributed by atoms with Crippen LogP contribution in [0, 0.1) is 24.2 Å². The zero-order chi connectivity index (χ0) is 23.4. The number of anilines is 1. The molecule has 1 N–H and O–H groups in total. The molecule has 0 spiro atoms. The van der Waals surface area contributed by atoms with Gasteiger partial charge >= 0.3 is 0 Å². The second kappa shape index (κ2) is 10.4. The van der Waals surface area contributed by atoms with Crippen LogP contribution in [0.25, 0.3) is 0 Å². The highest BCUT2D eigenvalue weighted by Gasteiger charge is 2.25. The fourth-order valence-electron chi connectivity index (χ4n) is 3.96. The van der Waals surface area contributed by atoms with Crippen LogP contribution in [0.15, 0.2) is 29.4 Å². The number of thiophene rings is 1. The van der Waals surface area contributed by atoms with Crippen LogP contribution < -0.4 is 10.1 Å². The van der Waals surface area contributed by atoms with Crippen LogP contribution in [0.1, 0.15) is 47.7 Å². The van der Waals surface area contributed by atoms with Gasteiger partial charge in [-0.1, -0.05) is 36.9 Å². The van der Waals surface area contributed by atoms with Crippen molar-refractivity contribution < 1.29 is 9.53 Å². The van der Waals surface area contributed by atoms with Crippen molar-refractivity contribution in [3.8, 4) is 11.8 Å². The highest BCUT2D eigenvalue weighted by Crippen LogP contribution is 2.39. The summed E-state index contributed by atoms with van der Waals surface area (Å²) in [6.45, 7) is 7.23. The summed E-state index contributed by atoms with van der Waals surface area (Å²) >= 11 is 2.88. The molecule has 0 saturated heterocycles. The number of nitrogens with zero attached hydrogens (tertiary/aromatic N) is 4. The highest BCUT2D eigenvalue weighted by molar-refractivity contribution is 7.99. The van der Waals surface area contributed by atoms with Crippen LogP contribution >= 0.6 is 23.1 Å². The molecule has 1 aliphatic carbocycles. The molecule has 2 heterocycles. The van der Waals surface area contributed by atoms with E-state index in [-0.39, 0.29) is 11.7 Å². The molecular weight excluding hydrogens is 454 g/mol. The van der Waals surface area contributed by atoms with Gasteiger partial charge in [-0.05, 0) is 56.2 Å². The van der Waals surface area contributed by atoms with Crippen LogP contribution in [-0.2, 0) is 30.8 Å². The lowest BCUT2D eigenvalue weighted by atomic mass is 9.89. The molecule has 0 bridgehead atoms. The van der Waals surface area contributed by atoms with Gasteiger partial charge in [0.1, 0.15) is 23.4 Å². The molecule has 4 rings (SSSR count). The standard InChI is InChI=1S/C24H27N5O2S2/c1-4-29-21(13-31-19-8-6-5-7-16(19)3)27-28-24(29)32-14-22(30)26-23-18(12-25)17-10-9-15(2)11-20(17)33-23/h5-8,15H,4,9-11,13-14H2,1-3H3,(H,26,30). The molecule has 1 atom stereocenters. The van der Waals surface area contributed by atoms with E-state index in [0.717, 1.165) is 42.0 Å². The van der Waals surface area contributed by atoms with Gasteiger partial charge in [-0.15, -0.1) is 21.5 Å². The fourth-order valence-corrected chi connectivity index (χ4v) is 6.16. The number of benzene rings is 1. The van der Waals surface area contributed by atoms with E-state index in [2.05, 4.69) is 28.5 Å². The highest BCUT2D eigenvalue weighted by atomic mass is 32.2. The number of thioether (sulfide) groups is 1. The van der Waals surface area contributed by atoms with Crippen LogP contribution in [0.2, 0.25) is 0 Å². The minimum Gasteiger partial charge on any atom is -0.485 e. The van der Waals surface area contributed by atoms with Gasteiger partial charge in [0.25, 0.3) is 0 Å². The molecule has 1 amide bonds. The van der Waals surface area contributed by atoms with Gasteiger partial charge in [0.15, 0.2) is 11.0 Å². The van der Waals surface area contributed by atoms with Crippen LogP contribution in [0.3, 0.4) is 0 Å². The Labute approximate surface area is 202 Å². The molecule has 3 aromatic rings. The number of fused-ring (bicyclic) bond motifs is 1. The van der Waals surface area contributed by atoms with Gasteiger partial charge in [0, 0.05) is 11.4 Å². The van der Waals surface area contributed by atoms with E-state index in [1.54, 1.807) is 11.3 Å². The van der Waals surface area contributed by atoms with Gasteiger partial charge in [0.05, 0.1) is 11.3 Å². The quantitative estimate of drug-likeness (QED) is 0.457. The van der Waals surface area contributed by atoms with Crippen molar-refractivity contribution in [1.82, 2.24) is 14.8 Å². The minimum absolute atomic E-state index is 0.147. The largest absolute Gasteiger partial charge is 0.485 e. The Morgan fingerprint density at radius 2 is 2.21 bits per heavy atom. The Balaban J connectivity index is 1.38. The number of nitrogens with one attached hydrogen (secondary N) is 1. The molecule has 7 nitrogen and oxygen atoms in total. The number of para-hydroxylation sites is 1. The van der Waals surface area contributed by atoms with Crippen molar-refractivity contribution >= 4 is 34.0 Å². The van der Waals surface area contributed by atoms with Crippen LogP contribution in [0.5, 0.6) is 5.75 Å². The maximum Gasteiger partial charge on any atom is 0.235 e. The average molecular weight is 482 g/mol. The van der Waals surface area contributed by atoms with Crippen LogP contribution in [-0.4, -0.2) is 26.4 Å². The summed E-state index contributed by atoms with van der Waals surface area (Å²) in [6, 6.07) is 10.1. The predicted molar refractivity (Wildman–Crippen MR) is 131 cm³/mol. The van der Waals surface area contributed by atoms with E-state index in [1.807, 2.05) is 42.7 Å². The first-order valence-corrected chi connectivity index (χ1v) is 12.9. The number of carbonyl (C=O) groups excluding carboxylic acids is 1. The number of hydrogen-bond acceptors (Lipinski definition) is 7. The second-order valence-corrected chi connectivity index (χ2v) is 10.2. The molecule has 2 aromatic heterocycles. The van der Waals surface area contributed by atoms with E-state index in [0.29, 0.717) is 34.8 Å². The van der Waals surface area contributed by atoms with Crippen molar-refractivity contribution in [3.63, 3.8) is 0 Å². The van der Waals surface area contributed by atoms with Crippen molar-refractivity contribution in [3.05, 3.63) is 51.7 Å². The number of ether oxygens (including phenoxy) is 1. The second-order valence-electron chi connectivity index (χ2n) is 8.20. The molecular formula is C24H27N5O2S2. The van der Waals surface area contributed by atoms with E-state index in [1.165, 1.54) is 16.6 Å². The molecule has 1 aliphatic rings. The van der Waals surface area contributed by atoms with Gasteiger partial charge in [0.2, 0.25) is 5.91 Å². The van der Waals surface area contributed by atoms with Gasteiger partial charge in [-0.25, -0.2) is 0 Å². The lowest BCUT2D eigenvalue weighted by Crippen LogP contribution is -2.15. The first-order chi connectivity index (χ1) is 16.0. The van der Waals surface area contributed by atoms with Crippen molar-refractivity contribution in [2.45, 2.75) is 58.3 Å². The van der Waals surface area contributed by atoms with Gasteiger partial charge in [-0.2, -0.15) is 5.26 Å². The third kappa shape index (κ3) is 5.23. The lowest BCUT2D eigenvalue weighted by Gasteiger charge is -2.17. The van der Waals surface area contributed by atoms with E-state index in [4.69, 9.17) is 4.74 Å². The van der Waals surface area contributed by atoms with Gasteiger partial charge < -0.3 is 14.6 Å². The predicted octanol–water partition coefficient (Wildman–Crippen LogP) is 4.97. The molecule has 9 heteroatoms. The van der Waals surface area contributed by atoms with Crippen molar-refractivity contribution in [2.24, 2.45) is 5.92 Å². The Morgan fingerprint density at radius 3 is 2.97 bits per heavy atom. The fraction of sp³-hybridized carbons (Fsp3) is 0.417. The molecule has 172 valence electrons. The third-order valence-electron chi connectivity index (χ3n) is 5.77. The number of aromatic nitrogens is 3. The summed E-state index contributed by atoms with van der Waals surface area (Å²) < 4.78 is 7.88. The van der Waals surface area contributed by atoms with E-state index in [9.17, 15) is 10.1 Å². The summed E-state index contributed by atoms with van der Waals surface area (Å²) in [4.78, 5) is 13.9.